The number of ether oxygens (including phenoxy) is 2. The van der Waals surface area contributed by atoms with E-state index in [9.17, 15) is 9.59 Å². The molecule has 3 aliphatic rings. The third-order valence-electron chi connectivity index (χ3n) is 7.01. The van der Waals surface area contributed by atoms with Gasteiger partial charge in [0.15, 0.2) is 0 Å². The van der Waals surface area contributed by atoms with E-state index in [1.807, 2.05) is 41.3 Å². The van der Waals surface area contributed by atoms with Crippen molar-refractivity contribution >= 4 is 11.9 Å². The van der Waals surface area contributed by atoms with Gasteiger partial charge in [0.1, 0.15) is 5.75 Å². The number of carbonyl (C=O) groups is 2. The van der Waals surface area contributed by atoms with Crippen LogP contribution in [0, 0.1) is 11.3 Å². The summed E-state index contributed by atoms with van der Waals surface area (Å²) in [6.45, 7) is 6.55. The molecule has 0 bridgehead atoms. The quantitative estimate of drug-likeness (QED) is 0.474. The van der Waals surface area contributed by atoms with Crippen LogP contribution in [0.5, 0.6) is 5.75 Å². The molecule has 0 N–H and O–H groups in total. The van der Waals surface area contributed by atoms with Gasteiger partial charge in [-0.05, 0) is 37.6 Å². The van der Waals surface area contributed by atoms with Gasteiger partial charge in [-0.15, -0.1) is 0 Å². The highest BCUT2D eigenvalue weighted by molar-refractivity contribution is 6.11. The molecule has 6 nitrogen and oxygen atoms in total. The molecule has 6 heteroatoms. The summed E-state index contributed by atoms with van der Waals surface area (Å²) in [5, 5.41) is 0. The van der Waals surface area contributed by atoms with Gasteiger partial charge in [0.2, 0.25) is 5.54 Å². The molecule has 2 aliphatic heterocycles. The van der Waals surface area contributed by atoms with Crippen LogP contribution in [0.25, 0.3) is 0 Å². The maximum Gasteiger partial charge on any atom is 0.337 e. The van der Waals surface area contributed by atoms with Crippen LogP contribution >= 0.6 is 0 Å². The zero-order valence-electron chi connectivity index (χ0n) is 18.7. The third kappa shape index (κ3) is 3.19. The first kappa shape index (κ1) is 21.6. The second kappa shape index (κ2) is 8.50. The third-order valence-corrected chi connectivity index (χ3v) is 7.01. The number of benzene rings is 1. The predicted octanol–water partition coefficient (Wildman–Crippen LogP) is 3.18. The number of rotatable bonds is 8. The molecule has 31 heavy (non-hydrogen) atoms. The topological polar surface area (TPSA) is 59.1 Å². The highest BCUT2D eigenvalue weighted by atomic mass is 16.5. The van der Waals surface area contributed by atoms with Crippen molar-refractivity contribution in [3.63, 3.8) is 0 Å². The van der Waals surface area contributed by atoms with Gasteiger partial charge < -0.3 is 14.4 Å². The standard InChI is InChI=1S/C25H32N2O4/c1-4-6-15-27-17-20-9-7-8-14-24(20)18-26(16-19-10-12-21(30-3)13-11-19)22(28)25(24,27)23(29)31-5-2/h7-14,20H,4-6,15-18H2,1-3H3/t20-,24+,25-/m0/s1. The molecule has 0 radical (unpaired) electrons. The molecular formula is C25H32N2O4. The Labute approximate surface area is 184 Å². The fraction of sp³-hybridized carbons (Fsp3) is 0.520. The molecule has 2 fully saturated rings. The number of carbonyl (C=O) groups excluding carboxylic acids is 2. The second-order valence-corrected chi connectivity index (χ2v) is 8.63. The van der Waals surface area contributed by atoms with E-state index in [1.54, 1.807) is 14.0 Å². The van der Waals surface area contributed by atoms with E-state index >= 15 is 0 Å². The molecule has 4 rings (SSSR count). The van der Waals surface area contributed by atoms with Crippen molar-refractivity contribution in [2.24, 2.45) is 11.3 Å². The summed E-state index contributed by atoms with van der Waals surface area (Å²) in [4.78, 5) is 31.6. The number of allylic oxidation sites excluding steroid dienone is 2. The number of likely N-dealkylation sites (tertiary alicyclic amines) is 2. The summed E-state index contributed by atoms with van der Waals surface area (Å²) in [6.07, 6.45) is 10.2. The largest absolute Gasteiger partial charge is 0.497 e. The van der Waals surface area contributed by atoms with E-state index < -0.39 is 16.9 Å². The smallest absolute Gasteiger partial charge is 0.337 e. The van der Waals surface area contributed by atoms with Crippen LogP contribution in [-0.2, 0) is 20.9 Å². The summed E-state index contributed by atoms with van der Waals surface area (Å²) in [7, 11) is 1.64. The maximum absolute atomic E-state index is 14.1. The zero-order valence-corrected chi connectivity index (χ0v) is 18.7. The molecule has 0 saturated carbocycles. The highest BCUT2D eigenvalue weighted by Gasteiger charge is 2.76. The number of hydrogen-bond donors (Lipinski definition) is 0. The molecule has 2 saturated heterocycles. The minimum Gasteiger partial charge on any atom is -0.497 e. The van der Waals surface area contributed by atoms with Crippen molar-refractivity contribution in [2.75, 3.05) is 33.4 Å². The summed E-state index contributed by atoms with van der Waals surface area (Å²) in [5.74, 6) is 0.334. The first-order chi connectivity index (χ1) is 15.0. The Morgan fingerprint density at radius 3 is 2.65 bits per heavy atom. The predicted molar refractivity (Wildman–Crippen MR) is 118 cm³/mol. The number of amides is 1. The number of esters is 1. The van der Waals surface area contributed by atoms with Gasteiger partial charge >= 0.3 is 5.97 Å². The van der Waals surface area contributed by atoms with Crippen molar-refractivity contribution < 1.29 is 19.1 Å². The van der Waals surface area contributed by atoms with Gasteiger partial charge in [0.25, 0.3) is 5.91 Å². The lowest BCUT2D eigenvalue weighted by atomic mass is 9.65. The Kier molecular flexibility index (Phi) is 5.93. The first-order valence-corrected chi connectivity index (χ1v) is 11.2. The van der Waals surface area contributed by atoms with E-state index in [0.29, 0.717) is 26.2 Å². The Bertz CT molecular complexity index is 893. The first-order valence-electron chi connectivity index (χ1n) is 11.2. The van der Waals surface area contributed by atoms with Crippen molar-refractivity contribution in [1.82, 2.24) is 9.80 Å². The van der Waals surface area contributed by atoms with E-state index in [0.717, 1.165) is 24.2 Å². The van der Waals surface area contributed by atoms with E-state index in [4.69, 9.17) is 9.47 Å². The van der Waals surface area contributed by atoms with Crippen LogP contribution in [0.1, 0.15) is 32.3 Å². The number of nitrogens with zero attached hydrogens (tertiary/aromatic N) is 2. The van der Waals surface area contributed by atoms with Crippen LogP contribution in [0.4, 0.5) is 0 Å². The van der Waals surface area contributed by atoms with Gasteiger partial charge in [0, 0.05) is 25.6 Å². The van der Waals surface area contributed by atoms with Crippen LogP contribution in [0.3, 0.4) is 0 Å². The fourth-order valence-electron chi connectivity index (χ4n) is 5.57. The van der Waals surface area contributed by atoms with Crippen LogP contribution < -0.4 is 4.74 Å². The van der Waals surface area contributed by atoms with Crippen LogP contribution in [-0.4, -0.2) is 60.6 Å². The fourth-order valence-corrected chi connectivity index (χ4v) is 5.57. The average Bonchev–Trinajstić information content (AvgIpc) is 3.20. The second-order valence-electron chi connectivity index (χ2n) is 8.63. The van der Waals surface area contributed by atoms with E-state index in [2.05, 4.69) is 24.0 Å². The van der Waals surface area contributed by atoms with E-state index in [1.165, 1.54) is 0 Å². The van der Waals surface area contributed by atoms with E-state index in [-0.39, 0.29) is 18.4 Å². The molecular weight excluding hydrogens is 392 g/mol. The van der Waals surface area contributed by atoms with Gasteiger partial charge in [-0.1, -0.05) is 49.8 Å². The SMILES string of the molecule is CCCCN1C[C@@H]2C=CC=C[C@@]23CN(Cc2ccc(OC)cc2)C(=O)[C@@]13C(=O)OCC. The highest BCUT2D eigenvalue weighted by Crippen LogP contribution is 2.58. The average molecular weight is 425 g/mol. The summed E-state index contributed by atoms with van der Waals surface area (Å²) in [6, 6.07) is 7.74. The summed E-state index contributed by atoms with van der Waals surface area (Å²) in [5.41, 5.74) is -0.890. The molecule has 0 unspecified atom stereocenters. The number of unbranched alkanes of at least 4 members (excludes halogenated alkanes) is 1. The normalized spacial score (nSPS) is 29.2. The number of hydrogen-bond acceptors (Lipinski definition) is 5. The van der Waals surface area contributed by atoms with Crippen molar-refractivity contribution in [1.29, 1.82) is 0 Å². The minimum atomic E-state index is -1.30. The minimum absolute atomic E-state index is 0.101. The molecule has 166 valence electrons. The maximum atomic E-state index is 14.1. The van der Waals surface area contributed by atoms with Crippen molar-refractivity contribution in [2.45, 2.75) is 38.8 Å². The monoisotopic (exact) mass is 424 g/mol. The Morgan fingerprint density at radius 1 is 1.19 bits per heavy atom. The van der Waals surface area contributed by atoms with Gasteiger partial charge in [-0.25, -0.2) is 4.79 Å². The van der Waals surface area contributed by atoms with Crippen LogP contribution in [0.2, 0.25) is 0 Å². The molecule has 0 aromatic heterocycles. The lowest BCUT2D eigenvalue weighted by molar-refractivity contribution is -0.165. The molecule has 2 heterocycles. The van der Waals surface area contributed by atoms with Gasteiger partial charge in [0.05, 0.1) is 19.1 Å². The molecule has 1 spiro atoms. The molecule has 1 aromatic rings. The molecule has 3 atom stereocenters. The van der Waals surface area contributed by atoms with Crippen molar-refractivity contribution in [3.8, 4) is 5.75 Å². The van der Waals surface area contributed by atoms with Gasteiger partial charge in [-0.2, -0.15) is 0 Å². The summed E-state index contributed by atoms with van der Waals surface area (Å²) < 4.78 is 10.8. The Morgan fingerprint density at radius 2 is 1.97 bits per heavy atom. The Balaban J connectivity index is 1.75. The Hall–Kier alpha value is -2.60. The van der Waals surface area contributed by atoms with Gasteiger partial charge in [-0.3, -0.25) is 9.69 Å². The zero-order chi connectivity index (χ0) is 22.1. The lowest BCUT2D eigenvalue weighted by Gasteiger charge is -2.40. The summed E-state index contributed by atoms with van der Waals surface area (Å²) >= 11 is 0. The van der Waals surface area contributed by atoms with Crippen molar-refractivity contribution in [3.05, 3.63) is 54.1 Å². The van der Waals surface area contributed by atoms with Crippen LogP contribution in [0.15, 0.2) is 48.6 Å². The lowest BCUT2D eigenvalue weighted by Crippen LogP contribution is -2.63. The number of methoxy groups -OCH3 is 1. The molecule has 1 aromatic carbocycles. The molecule has 1 amide bonds. The molecule has 1 aliphatic carbocycles.